The van der Waals surface area contributed by atoms with Crippen LogP contribution in [0.4, 0.5) is 11.4 Å². The van der Waals surface area contributed by atoms with Crippen molar-refractivity contribution in [2.75, 3.05) is 10.6 Å². The molecule has 2 aromatic carbocycles. The SMILES string of the molecule is Cc1ccc2c(c1)NC(C(=O)Nc1cc(Cl)ccc1C)NS2(=O)=O. The summed E-state index contributed by atoms with van der Waals surface area (Å²) >= 11 is 5.94. The van der Waals surface area contributed by atoms with Gasteiger partial charge in [-0.05, 0) is 49.2 Å². The molecule has 1 atom stereocenters. The molecule has 1 heterocycles. The van der Waals surface area contributed by atoms with E-state index in [1.807, 2.05) is 13.8 Å². The number of rotatable bonds is 2. The summed E-state index contributed by atoms with van der Waals surface area (Å²) < 4.78 is 27.0. The van der Waals surface area contributed by atoms with Gasteiger partial charge in [-0.3, -0.25) is 4.79 Å². The van der Waals surface area contributed by atoms with Crippen LogP contribution in [0.1, 0.15) is 11.1 Å². The second-order valence-electron chi connectivity index (χ2n) is 5.65. The Kier molecular flexibility index (Phi) is 4.25. The molecule has 0 radical (unpaired) electrons. The van der Waals surface area contributed by atoms with E-state index in [9.17, 15) is 13.2 Å². The van der Waals surface area contributed by atoms with Gasteiger partial charge in [-0.2, -0.15) is 4.72 Å². The van der Waals surface area contributed by atoms with Crippen molar-refractivity contribution in [2.45, 2.75) is 24.9 Å². The lowest BCUT2D eigenvalue weighted by Crippen LogP contribution is -2.51. The first-order valence-corrected chi connectivity index (χ1v) is 9.09. The number of sulfonamides is 1. The van der Waals surface area contributed by atoms with Gasteiger partial charge in [0.2, 0.25) is 10.0 Å². The van der Waals surface area contributed by atoms with Gasteiger partial charge < -0.3 is 10.6 Å². The van der Waals surface area contributed by atoms with Crippen molar-refractivity contribution in [2.24, 2.45) is 0 Å². The van der Waals surface area contributed by atoms with E-state index in [-0.39, 0.29) is 4.90 Å². The minimum Gasteiger partial charge on any atom is -0.360 e. The average molecular weight is 366 g/mol. The van der Waals surface area contributed by atoms with Crippen LogP contribution in [0, 0.1) is 13.8 Å². The number of carbonyl (C=O) groups is 1. The molecule has 8 heteroatoms. The van der Waals surface area contributed by atoms with Crippen molar-refractivity contribution < 1.29 is 13.2 Å². The maximum Gasteiger partial charge on any atom is 0.262 e. The Morgan fingerprint density at radius 2 is 1.92 bits per heavy atom. The number of halogens is 1. The molecule has 0 spiro atoms. The van der Waals surface area contributed by atoms with E-state index in [1.54, 1.807) is 30.3 Å². The van der Waals surface area contributed by atoms with Gasteiger partial charge in [0.05, 0.1) is 5.69 Å². The molecule has 0 aliphatic carbocycles. The smallest absolute Gasteiger partial charge is 0.262 e. The number of aryl methyl sites for hydroxylation is 2. The Labute approximate surface area is 145 Å². The van der Waals surface area contributed by atoms with Crippen LogP contribution in [0.3, 0.4) is 0 Å². The van der Waals surface area contributed by atoms with Gasteiger partial charge in [0.25, 0.3) is 5.91 Å². The van der Waals surface area contributed by atoms with Gasteiger partial charge in [-0.15, -0.1) is 0 Å². The zero-order chi connectivity index (χ0) is 17.5. The predicted molar refractivity (Wildman–Crippen MR) is 93.7 cm³/mol. The highest BCUT2D eigenvalue weighted by Gasteiger charge is 2.33. The van der Waals surface area contributed by atoms with E-state index in [4.69, 9.17) is 11.6 Å². The lowest BCUT2D eigenvalue weighted by molar-refractivity contribution is -0.117. The third-order valence-corrected chi connectivity index (χ3v) is 5.43. The molecule has 0 bridgehead atoms. The van der Waals surface area contributed by atoms with Crippen molar-refractivity contribution in [3.05, 3.63) is 52.5 Å². The Balaban J connectivity index is 1.88. The quantitative estimate of drug-likeness (QED) is 0.763. The van der Waals surface area contributed by atoms with Crippen LogP contribution in [0.2, 0.25) is 5.02 Å². The van der Waals surface area contributed by atoms with Gasteiger partial charge in [0, 0.05) is 10.7 Å². The summed E-state index contributed by atoms with van der Waals surface area (Å²) in [7, 11) is -3.76. The fraction of sp³-hybridized carbons (Fsp3) is 0.188. The Morgan fingerprint density at radius 3 is 2.67 bits per heavy atom. The third kappa shape index (κ3) is 3.24. The molecule has 126 valence electrons. The predicted octanol–water partition coefficient (Wildman–Crippen LogP) is 2.63. The van der Waals surface area contributed by atoms with Gasteiger partial charge in [0.15, 0.2) is 6.17 Å². The van der Waals surface area contributed by atoms with Crippen molar-refractivity contribution in [3.8, 4) is 0 Å². The minimum absolute atomic E-state index is 0.121. The first-order chi connectivity index (χ1) is 11.3. The fourth-order valence-corrected chi connectivity index (χ4v) is 3.88. The molecule has 24 heavy (non-hydrogen) atoms. The number of hydrogen-bond donors (Lipinski definition) is 3. The molecule has 2 aromatic rings. The Morgan fingerprint density at radius 1 is 1.17 bits per heavy atom. The van der Waals surface area contributed by atoms with E-state index in [1.165, 1.54) is 6.07 Å². The minimum atomic E-state index is -3.76. The van der Waals surface area contributed by atoms with Gasteiger partial charge in [-0.1, -0.05) is 23.7 Å². The summed E-state index contributed by atoms with van der Waals surface area (Å²) in [6.45, 7) is 3.67. The number of amides is 1. The van der Waals surface area contributed by atoms with Crippen molar-refractivity contribution in [3.63, 3.8) is 0 Å². The summed E-state index contributed by atoms with van der Waals surface area (Å²) in [5, 5.41) is 6.08. The highest BCUT2D eigenvalue weighted by molar-refractivity contribution is 7.89. The standard InChI is InChI=1S/C16H16ClN3O3S/c1-9-3-6-14-13(7-9)18-15(20-24(14,22)23)16(21)19-12-8-11(17)5-4-10(12)2/h3-8,15,18,20H,1-2H3,(H,19,21). The maximum absolute atomic E-state index is 12.5. The topological polar surface area (TPSA) is 87.3 Å². The van der Waals surface area contributed by atoms with E-state index in [0.717, 1.165) is 11.1 Å². The first kappa shape index (κ1) is 16.8. The lowest BCUT2D eigenvalue weighted by Gasteiger charge is -2.27. The van der Waals surface area contributed by atoms with Crippen LogP contribution >= 0.6 is 11.6 Å². The zero-order valence-corrected chi connectivity index (χ0v) is 14.6. The van der Waals surface area contributed by atoms with E-state index >= 15 is 0 Å². The van der Waals surface area contributed by atoms with Crippen LogP contribution in [-0.2, 0) is 14.8 Å². The summed E-state index contributed by atoms with van der Waals surface area (Å²) in [6, 6.07) is 10.0. The monoisotopic (exact) mass is 365 g/mol. The van der Waals surface area contributed by atoms with Crippen LogP contribution in [0.25, 0.3) is 0 Å². The van der Waals surface area contributed by atoms with E-state index in [2.05, 4.69) is 15.4 Å². The molecule has 6 nitrogen and oxygen atoms in total. The summed E-state index contributed by atoms with van der Waals surface area (Å²) in [5.74, 6) is -0.518. The highest BCUT2D eigenvalue weighted by atomic mass is 35.5. The van der Waals surface area contributed by atoms with Crippen LogP contribution in [0.5, 0.6) is 0 Å². The Bertz CT molecular complexity index is 928. The van der Waals surface area contributed by atoms with Crippen LogP contribution < -0.4 is 15.4 Å². The molecule has 3 N–H and O–H groups in total. The number of benzene rings is 2. The van der Waals surface area contributed by atoms with Crippen molar-refractivity contribution >= 4 is 38.9 Å². The maximum atomic E-state index is 12.5. The largest absolute Gasteiger partial charge is 0.360 e. The zero-order valence-electron chi connectivity index (χ0n) is 13.1. The van der Waals surface area contributed by atoms with Crippen LogP contribution in [-0.4, -0.2) is 20.5 Å². The number of anilines is 2. The highest BCUT2D eigenvalue weighted by Crippen LogP contribution is 2.27. The molecule has 1 unspecified atom stereocenters. The first-order valence-electron chi connectivity index (χ1n) is 7.23. The number of fused-ring (bicyclic) bond motifs is 1. The van der Waals surface area contributed by atoms with Gasteiger partial charge >= 0.3 is 0 Å². The summed E-state index contributed by atoms with van der Waals surface area (Å²) in [4.78, 5) is 12.6. The summed E-state index contributed by atoms with van der Waals surface area (Å²) in [6.07, 6.45) is -1.11. The summed E-state index contributed by atoms with van der Waals surface area (Å²) in [5.41, 5.74) is 2.64. The molecular formula is C16H16ClN3O3S. The van der Waals surface area contributed by atoms with E-state index in [0.29, 0.717) is 16.4 Å². The fourth-order valence-electron chi connectivity index (χ4n) is 2.45. The van der Waals surface area contributed by atoms with E-state index < -0.39 is 22.1 Å². The third-order valence-electron chi connectivity index (χ3n) is 3.72. The molecule has 0 fully saturated rings. The van der Waals surface area contributed by atoms with Crippen molar-refractivity contribution in [1.82, 2.24) is 4.72 Å². The molecule has 0 saturated carbocycles. The number of hydrogen-bond acceptors (Lipinski definition) is 4. The molecule has 1 aliphatic rings. The molecular weight excluding hydrogens is 350 g/mol. The molecule has 1 aliphatic heterocycles. The normalized spacial score (nSPS) is 18.4. The number of nitrogens with one attached hydrogen (secondary N) is 3. The average Bonchev–Trinajstić information content (AvgIpc) is 2.49. The van der Waals surface area contributed by atoms with Crippen molar-refractivity contribution in [1.29, 1.82) is 0 Å². The molecule has 1 amide bonds. The van der Waals surface area contributed by atoms with Gasteiger partial charge in [-0.25, -0.2) is 8.42 Å². The van der Waals surface area contributed by atoms with Gasteiger partial charge in [0.1, 0.15) is 4.90 Å². The molecule has 0 saturated heterocycles. The molecule has 3 rings (SSSR count). The number of carbonyl (C=O) groups excluding carboxylic acids is 1. The second kappa shape index (κ2) is 6.08. The second-order valence-corrected chi connectivity index (χ2v) is 7.77. The lowest BCUT2D eigenvalue weighted by atomic mass is 10.2. The van der Waals surface area contributed by atoms with Crippen LogP contribution in [0.15, 0.2) is 41.3 Å². The Hall–Kier alpha value is -2.09. The molecule has 0 aromatic heterocycles.